The van der Waals surface area contributed by atoms with E-state index in [1.807, 2.05) is 24.3 Å². The molecule has 5 heteroatoms. The van der Waals surface area contributed by atoms with Gasteiger partial charge in [0.05, 0.1) is 13.2 Å². The van der Waals surface area contributed by atoms with E-state index in [-0.39, 0.29) is 0 Å². The number of halogens is 1. The van der Waals surface area contributed by atoms with Gasteiger partial charge in [-0.2, -0.15) is 0 Å². The van der Waals surface area contributed by atoms with Crippen molar-refractivity contribution in [2.24, 2.45) is 11.8 Å². The van der Waals surface area contributed by atoms with Crippen LogP contribution in [0.1, 0.15) is 24.5 Å². The van der Waals surface area contributed by atoms with Crippen LogP contribution in [0, 0.1) is 11.8 Å². The predicted molar refractivity (Wildman–Crippen MR) is 120 cm³/mol. The fourth-order valence-electron chi connectivity index (χ4n) is 5.11. The summed E-state index contributed by atoms with van der Waals surface area (Å²) in [4.78, 5) is 2.58. The summed E-state index contributed by atoms with van der Waals surface area (Å²) in [5.74, 6) is 1.58. The number of likely N-dealkylation sites (tertiary alicyclic amines) is 1. The maximum Gasteiger partial charge on any atom is 0.0717 e. The van der Waals surface area contributed by atoms with E-state index in [0.717, 1.165) is 30.0 Å². The third kappa shape index (κ3) is 3.93. The van der Waals surface area contributed by atoms with Crippen molar-refractivity contribution in [2.75, 3.05) is 37.2 Å². The molecule has 2 aromatic rings. The molecule has 150 valence electrons. The Morgan fingerprint density at radius 1 is 1.18 bits per heavy atom. The van der Waals surface area contributed by atoms with Crippen molar-refractivity contribution < 1.29 is 4.74 Å². The highest BCUT2D eigenvalue weighted by molar-refractivity contribution is 7.99. The first-order chi connectivity index (χ1) is 13.7. The Morgan fingerprint density at radius 3 is 2.61 bits per heavy atom. The Labute approximate surface area is 177 Å². The molecule has 3 nitrogen and oxygen atoms in total. The molecule has 4 rings (SSSR count). The average Bonchev–Trinajstić information content (AvgIpc) is 3.09. The van der Waals surface area contributed by atoms with Crippen LogP contribution in [-0.2, 0) is 16.8 Å². The lowest BCUT2D eigenvalue weighted by Crippen LogP contribution is -2.32. The number of nitrogens with zero attached hydrogens (tertiary/aromatic N) is 1. The molecule has 0 bridgehead atoms. The van der Waals surface area contributed by atoms with E-state index in [9.17, 15) is 0 Å². The van der Waals surface area contributed by atoms with Gasteiger partial charge in [0, 0.05) is 42.0 Å². The number of hydrogen-bond acceptors (Lipinski definition) is 4. The van der Waals surface area contributed by atoms with Gasteiger partial charge in [0.15, 0.2) is 0 Å². The van der Waals surface area contributed by atoms with Gasteiger partial charge in [-0.05, 0) is 53.6 Å². The fraction of sp³-hybridized carbons (Fsp3) is 0.478. The molecule has 1 aliphatic heterocycles. The molecule has 2 unspecified atom stereocenters. The van der Waals surface area contributed by atoms with Gasteiger partial charge in [-0.3, -0.25) is 0 Å². The zero-order chi connectivity index (χ0) is 19.6. The average molecular weight is 417 g/mol. The zero-order valence-corrected chi connectivity index (χ0v) is 18.2. The topological polar surface area (TPSA) is 24.5 Å². The first kappa shape index (κ1) is 20.1. The van der Waals surface area contributed by atoms with Crippen molar-refractivity contribution in [2.45, 2.75) is 25.4 Å². The van der Waals surface area contributed by atoms with Crippen LogP contribution in [0.25, 0.3) is 0 Å². The molecule has 1 heterocycles. The smallest absolute Gasteiger partial charge is 0.0717 e. The lowest BCUT2D eigenvalue weighted by molar-refractivity contribution is 0.0936. The first-order valence-electron chi connectivity index (χ1n) is 10.1. The van der Waals surface area contributed by atoms with Gasteiger partial charge in [0.2, 0.25) is 0 Å². The van der Waals surface area contributed by atoms with Crippen molar-refractivity contribution in [3.05, 3.63) is 64.7 Å². The number of piperidine rings is 1. The van der Waals surface area contributed by atoms with Gasteiger partial charge in [-0.15, -0.1) is 0 Å². The Balaban J connectivity index is 1.27. The molecule has 1 N–H and O–H groups in total. The van der Waals surface area contributed by atoms with Crippen molar-refractivity contribution >= 4 is 29.2 Å². The number of benzene rings is 2. The molecule has 2 aromatic carbocycles. The van der Waals surface area contributed by atoms with Crippen molar-refractivity contribution in [3.8, 4) is 0 Å². The van der Waals surface area contributed by atoms with Crippen molar-refractivity contribution in [1.82, 2.24) is 4.90 Å². The number of anilines is 1. The van der Waals surface area contributed by atoms with Gasteiger partial charge < -0.3 is 14.4 Å². The SMILES string of the molecule is CCC1(c2cccc(NSC)c2)C2CN(CCOCc3ccc(Cl)cc3)CC21. The highest BCUT2D eigenvalue weighted by atomic mass is 35.5. The van der Waals surface area contributed by atoms with Crippen LogP contribution >= 0.6 is 23.5 Å². The quantitative estimate of drug-likeness (QED) is 0.433. The van der Waals surface area contributed by atoms with E-state index >= 15 is 0 Å². The fourth-order valence-corrected chi connectivity index (χ4v) is 5.60. The van der Waals surface area contributed by atoms with Crippen molar-refractivity contribution in [3.63, 3.8) is 0 Å². The Morgan fingerprint density at radius 2 is 1.93 bits per heavy atom. The molecule has 0 amide bonds. The molecule has 2 fully saturated rings. The minimum atomic E-state index is 0.386. The molecular weight excluding hydrogens is 388 g/mol. The molecule has 0 aromatic heterocycles. The second-order valence-electron chi connectivity index (χ2n) is 7.93. The van der Waals surface area contributed by atoms with E-state index in [0.29, 0.717) is 12.0 Å². The van der Waals surface area contributed by atoms with Gasteiger partial charge in [-0.25, -0.2) is 0 Å². The first-order valence-corrected chi connectivity index (χ1v) is 11.7. The van der Waals surface area contributed by atoms with Crippen LogP contribution in [0.3, 0.4) is 0 Å². The van der Waals surface area contributed by atoms with Crippen LogP contribution in [0.5, 0.6) is 0 Å². The molecule has 1 saturated heterocycles. The lowest BCUT2D eigenvalue weighted by atomic mass is 9.87. The minimum absolute atomic E-state index is 0.386. The Kier molecular flexibility index (Phi) is 6.21. The van der Waals surface area contributed by atoms with Gasteiger partial charge in [0.25, 0.3) is 0 Å². The second kappa shape index (κ2) is 8.66. The predicted octanol–water partition coefficient (Wildman–Crippen LogP) is 5.46. The maximum atomic E-state index is 5.93. The molecule has 2 atom stereocenters. The van der Waals surface area contributed by atoms with E-state index in [4.69, 9.17) is 16.3 Å². The summed E-state index contributed by atoms with van der Waals surface area (Å²) in [7, 11) is 0. The number of fused-ring (bicyclic) bond motifs is 1. The van der Waals surface area contributed by atoms with Crippen LogP contribution in [-0.4, -0.2) is 37.4 Å². The van der Waals surface area contributed by atoms with E-state index in [2.05, 4.69) is 47.1 Å². The summed E-state index contributed by atoms with van der Waals surface area (Å²) in [6.45, 7) is 7.22. The third-order valence-corrected chi connectivity index (χ3v) is 7.24. The highest BCUT2D eigenvalue weighted by Crippen LogP contribution is 2.65. The monoisotopic (exact) mass is 416 g/mol. The van der Waals surface area contributed by atoms with Crippen LogP contribution in [0.15, 0.2) is 48.5 Å². The molecular formula is C23H29ClN2OS. The summed E-state index contributed by atoms with van der Waals surface area (Å²) < 4.78 is 9.26. The number of rotatable bonds is 9. The summed E-state index contributed by atoms with van der Waals surface area (Å²) in [6, 6.07) is 16.9. The van der Waals surface area contributed by atoms with E-state index < -0.39 is 0 Å². The third-order valence-electron chi connectivity index (χ3n) is 6.55. The molecule has 2 aliphatic rings. The standard InChI is InChI=1S/C23H29ClN2OS/c1-3-23(18-5-4-6-20(13-18)25-28-2)21-14-26(15-22(21)23)11-12-27-16-17-7-9-19(24)10-8-17/h4-10,13,21-22,25H,3,11-12,14-16H2,1-2H3. The molecule has 1 saturated carbocycles. The van der Waals surface area contributed by atoms with E-state index in [1.165, 1.54) is 36.3 Å². The Hall–Kier alpha value is -1.20. The van der Waals surface area contributed by atoms with Gasteiger partial charge in [-0.1, -0.05) is 54.7 Å². The molecule has 0 spiro atoms. The summed E-state index contributed by atoms with van der Waals surface area (Å²) in [6.07, 6.45) is 3.30. The van der Waals surface area contributed by atoms with Gasteiger partial charge in [0.1, 0.15) is 0 Å². The van der Waals surface area contributed by atoms with Crippen LogP contribution in [0.2, 0.25) is 5.02 Å². The summed E-state index contributed by atoms with van der Waals surface area (Å²) in [5.41, 5.74) is 4.30. The minimum Gasteiger partial charge on any atom is -0.375 e. The molecule has 28 heavy (non-hydrogen) atoms. The van der Waals surface area contributed by atoms with Gasteiger partial charge >= 0.3 is 0 Å². The summed E-state index contributed by atoms with van der Waals surface area (Å²) >= 11 is 7.58. The Bertz CT molecular complexity index is 785. The second-order valence-corrected chi connectivity index (χ2v) is 8.98. The number of nitrogens with one attached hydrogen (secondary N) is 1. The largest absolute Gasteiger partial charge is 0.375 e. The number of ether oxygens (including phenoxy) is 1. The normalized spacial score (nSPS) is 26.2. The van der Waals surface area contributed by atoms with Crippen molar-refractivity contribution in [1.29, 1.82) is 0 Å². The lowest BCUT2D eigenvalue weighted by Gasteiger charge is -2.26. The van der Waals surface area contributed by atoms with Crippen LogP contribution < -0.4 is 4.72 Å². The summed E-state index contributed by atoms with van der Waals surface area (Å²) in [5, 5.41) is 0.772. The van der Waals surface area contributed by atoms with Crippen LogP contribution in [0.4, 0.5) is 5.69 Å². The zero-order valence-electron chi connectivity index (χ0n) is 16.7. The maximum absolute atomic E-state index is 5.93. The molecule has 1 aliphatic carbocycles. The highest BCUT2D eigenvalue weighted by Gasteiger charge is 2.67. The molecule has 0 radical (unpaired) electrons. The van der Waals surface area contributed by atoms with E-state index in [1.54, 1.807) is 11.9 Å². The number of hydrogen-bond donors (Lipinski definition) is 1.